The summed E-state index contributed by atoms with van der Waals surface area (Å²) in [5.41, 5.74) is 1.07. The molecule has 168 valence electrons. The molecule has 0 spiro atoms. The molecule has 2 aliphatic heterocycles. The third-order valence-corrected chi connectivity index (χ3v) is 6.54. The molecule has 1 amide bonds. The summed E-state index contributed by atoms with van der Waals surface area (Å²) < 4.78 is 15.2. The van der Waals surface area contributed by atoms with Crippen LogP contribution in [0.1, 0.15) is 18.7 Å². The summed E-state index contributed by atoms with van der Waals surface area (Å²) in [5, 5.41) is 3.15. The lowest BCUT2D eigenvalue weighted by Crippen LogP contribution is -2.49. The van der Waals surface area contributed by atoms with E-state index in [0.29, 0.717) is 6.54 Å². The lowest BCUT2D eigenvalue weighted by molar-refractivity contribution is -0.126. The Morgan fingerprint density at radius 2 is 1.77 bits per heavy atom. The average molecular weight is 429 g/mol. The Labute approximate surface area is 183 Å². The maximum Gasteiger partial charge on any atom is 0.223 e. The first kappa shape index (κ1) is 21.8. The van der Waals surface area contributed by atoms with Gasteiger partial charge in [0.15, 0.2) is 0 Å². The predicted molar refractivity (Wildman–Crippen MR) is 119 cm³/mol. The summed E-state index contributed by atoms with van der Waals surface area (Å²) in [5.74, 6) is 1.19. The Bertz CT molecular complexity index is 838. The number of carbonyl (C=O) groups excluding carboxylic acids is 1. The lowest BCUT2D eigenvalue weighted by atomic mass is 9.96. The molecule has 0 aliphatic carbocycles. The minimum Gasteiger partial charge on any atom is -0.369 e. The van der Waals surface area contributed by atoms with Crippen molar-refractivity contribution in [1.82, 2.24) is 24.7 Å². The Kier molecular flexibility index (Phi) is 7.19. The molecule has 7 nitrogen and oxygen atoms in total. The maximum absolute atomic E-state index is 13.1. The molecule has 0 radical (unpaired) electrons. The van der Waals surface area contributed by atoms with E-state index in [4.69, 9.17) is 0 Å². The number of aryl methyl sites for hydroxylation is 1. The zero-order valence-electron chi connectivity index (χ0n) is 18.3. The van der Waals surface area contributed by atoms with E-state index in [1.165, 1.54) is 12.1 Å². The summed E-state index contributed by atoms with van der Waals surface area (Å²) in [7, 11) is 2.02. The number of nitrogens with zero attached hydrogens (tertiary/aromatic N) is 5. The van der Waals surface area contributed by atoms with Gasteiger partial charge in [-0.2, -0.15) is 0 Å². The minimum atomic E-state index is -0.197. The number of imidazole rings is 1. The van der Waals surface area contributed by atoms with Crippen molar-refractivity contribution in [1.29, 1.82) is 0 Å². The molecule has 0 atom stereocenters. The van der Waals surface area contributed by atoms with Gasteiger partial charge >= 0.3 is 0 Å². The highest BCUT2D eigenvalue weighted by molar-refractivity contribution is 5.78. The van der Waals surface area contributed by atoms with Crippen LogP contribution in [0, 0.1) is 11.7 Å². The first-order valence-electron chi connectivity index (χ1n) is 11.3. The molecule has 1 aromatic carbocycles. The van der Waals surface area contributed by atoms with Gasteiger partial charge in [0.05, 0.1) is 6.54 Å². The van der Waals surface area contributed by atoms with Crippen LogP contribution < -0.4 is 10.2 Å². The molecule has 2 aromatic rings. The number of nitrogens with one attached hydrogen (secondary N) is 1. The Balaban J connectivity index is 1.11. The standard InChI is InChI=1S/C23H33FN6O/c1-27-12-8-25-22(27)18-29-10-6-19(7-11-29)23(31)26-9-13-28-14-16-30(17-15-28)21-4-2-20(24)3-5-21/h2-5,8,12,19H,6-7,9-11,13-18H2,1H3,(H,26,31). The quantitative estimate of drug-likeness (QED) is 0.728. The zero-order valence-corrected chi connectivity index (χ0v) is 18.3. The van der Waals surface area contributed by atoms with Crippen LogP contribution >= 0.6 is 0 Å². The Morgan fingerprint density at radius 1 is 1.06 bits per heavy atom. The number of benzene rings is 1. The number of piperidine rings is 1. The number of hydrogen-bond donors (Lipinski definition) is 1. The van der Waals surface area contributed by atoms with E-state index in [2.05, 4.69) is 29.6 Å². The fourth-order valence-electron chi connectivity index (χ4n) is 4.47. The van der Waals surface area contributed by atoms with Crippen molar-refractivity contribution in [3.05, 3.63) is 48.3 Å². The largest absolute Gasteiger partial charge is 0.369 e. The zero-order chi connectivity index (χ0) is 21.6. The van der Waals surface area contributed by atoms with Gasteiger partial charge in [0.25, 0.3) is 0 Å². The van der Waals surface area contributed by atoms with Crippen LogP contribution in [0.15, 0.2) is 36.7 Å². The van der Waals surface area contributed by atoms with Gasteiger partial charge in [0, 0.05) is 70.3 Å². The normalized spacial score (nSPS) is 19.0. The molecule has 0 unspecified atom stereocenters. The fraction of sp³-hybridized carbons (Fsp3) is 0.565. The number of amides is 1. The molecule has 4 rings (SSSR count). The smallest absolute Gasteiger partial charge is 0.223 e. The molecule has 1 N–H and O–H groups in total. The molecular formula is C23H33FN6O. The monoisotopic (exact) mass is 428 g/mol. The minimum absolute atomic E-state index is 0.118. The van der Waals surface area contributed by atoms with E-state index >= 15 is 0 Å². The highest BCUT2D eigenvalue weighted by Gasteiger charge is 2.25. The number of likely N-dealkylation sites (tertiary alicyclic amines) is 1. The van der Waals surface area contributed by atoms with Crippen LogP contribution in [-0.2, 0) is 18.4 Å². The van der Waals surface area contributed by atoms with Gasteiger partial charge in [-0.15, -0.1) is 0 Å². The maximum atomic E-state index is 13.1. The molecule has 1 aromatic heterocycles. The average Bonchev–Trinajstić information content (AvgIpc) is 3.19. The van der Waals surface area contributed by atoms with E-state index in [-0.39, 0.29) is 17.6 Å². The number of hydrogen-bond acceptors (Lipinski definition) is 5. The van der Waals surface area contributed by atoms with Crippen LogP contribution in [0.4, 0.5) is 10.1 Å². The Morgan fingerprint density at radius 3 is 2.42 bits per heavy atom. The molecule has 0 saturated carbocycles. The van der Waals surface area contributed by atoms with Gasteiger partial charge in [-0.1, -0.05) is 0 Å². The van der Waals surface area contributed by atoms with E-state index < -0.39 is 0 Å². The number of carbonyl (C=O) groups is 1. The molecule has 2 aliphatic rings. The SMILES string of the molecule is Cn1ccnc1CN1CCC(C(=O)NCCN2CCN(c3ccc(F)cc3)CC2)CC1. The summed E-state index contributed by atoms with van der Waals surface area (Å²) in [6.45, 7) is 8.07. The van der Waals surface area contributed by atoms with Gasteiger partial charge in [-0.05, 0) is 50.2 Å². The summed E-state index contributed by atoms with van der Waals surface area (Å²) in [6.07, 6.45) is 5.62. The van der Waals surface area contributed by atoms with Crippen molar-refractivity contribution in [2.45, 2.75) is 19.4 Å². The summed E-state index contributed by atoms with van der Waals surface area (Å²) in [6, 6.07) is 6.71. The van der Waals surface area contributed by atoms with Gasteiger partial charge in [0.2, 0.25) is 5.91 Å². The summed E-state index contributed by atoms with van der Waals surface area (Å²) in [4.78, 5) is 24.0. The van der Waals surface area contributed by atoms with Crippen LogP contribution in [0.5, 0.6) is 0 Å². The predicted octanol–water partition coefficient (Wildman–Crippen LogP) is 1.71. The molecule has 3 heterocycles. The molecule has 8 heteroatoms. The number of halogens is 1. The van der Waals surface area contributed by atoms with Gasteiger partial charge in [-0.25, -0.2) is 9.37 Å². The molecule has 2 saturated heterocycles. The highest BCUT2D eigenvalue weighted by Crippen LogP contribution is 2.19. The van der Waals surface area contributed by atoms with Crippen LogP contribution in [-0.4, -0.2) is 77.6 Å². The van der Waals surface area contributed by atoms with Gasteiger partial charge in [-0.3, -0.25) is 14.6 Å². The van der Waals surface area contributed by atoms with Gasteiger partial charge in [0.1, 0.15) is 11.6 Å². The van der Waals surface area contributed by atoms with E-state index in [9.17, 15) is 9.18 Å². The third-order valence-electron chi connectivity index (χ3n) is 6.54. The Hall–Kier alpha value is -2.45. The second-order valence-corrected chi connectivity index (χ2v) is 8.60. The summed E-state index contributed by atoms with van der Waals surface area (Å²) >= 11 is 0. The number of piperazine rings is 1. The van der Waals surface area contributed by atoms with Gasteiger partial charge < -0.3 is 14.8 Å². The topological polar surface area (TPSA) is 56.6 Å². The van der Waals surface area contributed by atoms with E-state index in [0.717, 1.165) is 76.7 Å². The second kappa shape index (κ2) is 10.2. The van der Waals surface area contributed by atoms with Crippen molar-refractivity contribution in [3.63, 3.8) is 0 Å². The fourth-order valence-corrected chi connectivity index (χ4v) is 4.47. The lowest BCUT2D eigenvalue weighted by Gasteiger charge is -2.36. The molecule has 2 fully saturated rings. The number of aromatic nitrogens is 2. The van der Waals surface area contributed by atoms with Crippen LogP contribution in [0.2, 0.25) is 0 Å². The molecule has 0 bridgehead atoms. The number of anilines is 1. The van der Waals surface area contributed by atoms with Crippen LogP contribution in [0.3, 0.4) is 0 Å². The highest BCUT2D eigenvalue weighted by atomic mass is 19.1. The van der Waals surface area contributed by atoms with E-state index in [1.54, 1.807) is 0 Å². The molecular weight excluding hydrogens is 395 g/mol. The van der Waals surface area contributed by atoms with E-state index in [1.807, 2.05) is 31.6 Å². The van der Waals surface area contributed by atoms with Crippen molar-refractivity contribution < 1.29 is 9.18 Å². The third kappa shape index (κ3) is 5.83. The number of rotatable bonds is 7. The van der Waals surface area contributed by atoms with Crippen molar-refractivity contribution in [2.24, 2.45) is 13.0 Å². The van der Waals surface area contributed by atoms with Crippen molar-refractivity contribution in [3.8, 4) is 0 Å². The second-order valence-electron chi connectivity index (χ2n) is 8.60. The first-order chi connectivity index (χ1) is 15.1. The van der Waals surface area contributed by atoms with Crippen molar-refractivity contribution in [2.75, 3.05) is 57.3 Å². The molecule has 31 heavy (non-hydrogen) atoms. The first-order valence-corrected chi connectivity index (χ1v) is 11.3. The van der Waals surface area contributed by atoms with Crippen LogP contribution in [0.25, 0.3) is 0 Å². The van der Waals surface area contributed by atoms with Crippen molar-refractivity contribution >= 4 is 11.6 Å².